The molecule has 0 amide bonds. The van der Waals surface area contributed by atoms with Gasteiger partial charge in [-0.3, -0.25) is 4.79 Å². The second kappa shape index (κ2) is 12.7. The molecule has 0 aromatic heterocycles. The fourth-order valence-electron chi connectivity index (χ4n) is 6.89. The number of carbonyl (C=O) groups excluding carboxylic acids is 1. The zero-order chi connectivity index (χ0) is 31.7. The summed E-state index contributed by atoms with van der Waals surface area (Å²) in [7, 11) is 3.14. The molecule has 0 unspecified atom stereocenters. The summed E-state index contributed by atoms with van der Waals surface area (Å²) in [5.74, 6) is 1.32. The Hall–Kier alpha value is -4.69. The topological polar surface area (TPSA) is 106 Å². The van der Waals surface area contributed by atoms with Crippen LogP contribution < -0.4 is 19.5 Å². The molecule has 6 rings (SSSR count). The van der Waals surface area contributed by atoms with Gasteiger partial charge in [0.2, 0.25) is 0 Å². The molecule has 1 aliphatic heterocycles. The number of hydrogen-bond acceptors (Lipinski definition) is 8. The van der Waals surface area contributed by atoms with Crippen LogP contribution in [0, 0.1) is 0 Å². The number of benzene rings is 4. The largest absolute Gasteiger partial charge is 0.508 e. The molecule has 0 radical (unpaired) electrons. The van der Waals surface area contributed by atoms with Gasteiger partial charge in [0.05, 0.1) is 20.1 Å². The summed E-state index contributed by atoms with van der Waals surface area (Å²) in [5.41, 5.74) is 7.91. The maximum atomic E-state index is 12.1. The molecule has 45 heavy (non-hydrogen) atoms. The van der Waals surface area contributed by atoms with Crippen LogP contribution >= 0.6 is 0 Å². The van der Waals surface area contributed by atoms with Crippen LogP contribution in [-0.2, 0) is 28.9 Å². The maximum absolute atomic E-state index is 12.1. The average Bonchev–Trinajstić information content (AvgIpc) is 3.40. The molecule has 0 spiro atoms. The second-order valence-corrected chi connectivity index (χ2v) is 11.7. The molecule has 4 aromatic rings. The maximum Gasteiger partial charge on any atom is 0.302 e. The molecule has 8 heteroatoms. The Morgan fingerprint density at radius 3 is 2.47 bits per heavy atom. The van der Waals surface area contributed by atoms with Crippen molar-refractivity contribution in [1.29, 1.82) is 0 Å². The molecule has 8 nitrogen and oxygen atoms in total. The number of fused-ring (bicyclic) bond motifs is 5. The van der Waals surface area contributed by atoms with Crippen molar-refractivity contribution < 1.29 is 34.0 Å². The van der Waals surface area contributed by atoms with E-state index in [0.717, 1.165) is 57.7 Å². The number of aromatic hydroxyl groups is 2. The van der Waals surface area contributed by atoms with Gasteiger partial charge < -0.3 is 34.5 Å². The molecule has 1 heterocycles. The molecule has 234 valence electrons. The molecule has 3 N–H and O–H groups in total. The van der Waals surface area contributed by atoms with Crippen LogP contribution in [0.25, 0.3) is 11.1 Å². The van der Waals surface area contributed by atoms with Crippen molar-refractivity contribution in [2.75, 3.05) is 27.4 Å². The number of nitrogens with one attached hydrogen (secondary N) is 1. The molecule has 2 aliphatic rings. The minimum absolute atomic E-state index is 0.0417. The van der Waals surface area contributed by atoms with Crippen LogP contribution in [0.2, 0.25) is 0 Å². The zero-order valence-corrected chi connectivity index (χ0v) is 26.1. The highest BCUT2D eigenvalue weighted by Crippen LogP contribution is 2.57. The van der Waals surface area contributed by atoms with Gasteiger partial charge >= 0.3 is 5.97 Å². The van der Waals surface area contributed by atoms with Crippen LogP contribution in [0.5, 0.6) is 28.7 Å². The highest BCUT2D eigenvalue weighted by molar-refractivity contribution is 5.83. The number of hydrogen-bond donors (Lipinski definition) is 3. The van der Waals surface area contributed by atoms with Gasteiger partial charge in [0.1, 0.15) is 30.0 Å². The highest BCUT2D eigenvalue weighted by Gasteiger charge is 2.42. The van der Waals surface area contributed by atoms with Crippen LogP contribution in [0.4, 0.5) is 0 Å². The van der Waals surface area contributed by atoms with Crippen LogP contribution in [0.3, 0.4) is 0 Å². The lowest BCUT2D eigenvalue weighted by atomic mass is 9.74. The predicted molar refractivity (Wildman–Crippen MR) is 171 cm³/mol. The molecule has 0 bridgehead atoms. The first-order valence-corrected chi connectivity index (χ1v) is 15.3. The summed E-state index contributed by atoms with van der Waals surface area (Å²) in [6.45, 7) is 4.84. The predicted octanol–water partition coefficient (Wildman–Crippen LogP) is 6.55. The summed E-state index contributed by atoms with van der Waals surface area (Å²) in [6.07, 6.45) is 0.942. The van der Waals surface area contributed by atoms with E-state index in [2.05, 4.69) is 29.6 Å². The van der Waals surface area contributed by atoms with E-state index in [0.29, 0.717) is 24.5 Å². The third kappa shape index (κ3) is 5.78. The molecule has 1 aliphatic carbocycles. The minimum Gasteiger partial charge on any atom is -0.508 e. The van der Waals surface area contributed by atoms with Crippen molar-refractivity contribution in [2.24, 2.45) is 0 Å². The lowest BCUT2D eigenvalue weighted by Gasteiger charge is -2.31. The average molecular weight is 610 g/mol. The number of phenolic OH excluding ortho intramolecular Hbond substituents is 2. The Morgan fingerprint density at radius 2 is 1.76 bits per heavy atom. The monoisotopic (exact) mass is 609 g/mol. The van der Waals surface area contributed by atoms with Crippen LogP contribution in [0.15, 0.2) is 66.7 Å². The summed E-state index contributed by atoms with van der Waals surface area (Å²) in [4.78, 5) is 12.1. The number of ether oxygens (including phenoxy) is 4. The van der Waals surface area contributed by atoms with Crippen molar-refractivity contribution in [3.63, 3.8) is 0 Å². The van der Waals surface area contributed by atoms with E-state index in [9.17, 15) is 15.0 Å². The lowest BCUT2D eigenvalue weighted by Crippen LogP contribution is -2.20. The van der Waals surface area contributed by atoms with Crippen molar-refractivity contribution in [2.45, 2.75) is 51.2 Å². The third-order valence-electron chi connectivity index (χ3n) is 8.87. The van der Waals surface area contributed by atoms with E-state index in [4.69, 9.17) is 18.9 Å². The first-order chi connectivity index (χ1) is 21.8. The highest BCUT2D eigenvalue weighted by atomic mass is 16.5. The second-order valence-electron chi connectivity index (χ2n) is 11.7. The van der Waals surface area contributed by atoms with E-state index in [1.54, 1.807) is 19.2 Å². The van der Waals surface area contributed by atoms with Crippen molar-refractivity contribution >= 4 is 5.97 Å². The smallest absolute Gasteiger partial charge is 0.302 e. The summed E-state index contributed by atoms with van der Waals surface area (Å²) >= 11 is 0. The van der Waals surface area contributed by atoms with Gasteiger partial charge in [-0.25, -0.2) is 0 Å². The fourth-order valence-corrected chi connectivity index (χ4v) is 6.89. The van der Waals surface area contributed by atoms with E-state index in [-0.39, 0.29) is 35.9 Å². The van der Waals surface area contributed by atoms with Crippen molar-refractivity contribution in [3.8, 4) is 39.9 Å². The first kappa shape index (κ1) is 30.3. The number of phenols is 2. The van der Waals surface area contributed by atoms with Crippen LogP contribution in [-0.4, -0.2) is 43.6 Å². The Bertz CT molecular complexity index is 1720. The van der Waals surface area contributed by atoms with Crippen LogP contribution in [0.1, 0.15) is 65.2 Å². The van der Waals surface area contributed by atoms with Gasteiger partial charge in [-0.15, -0.1) is 0 Å². The zero-order valence-electron chi connectivity index (χ0n) is 26.1. The van der Waals surface area contributed by atoms with Crippen molar-refractivity contribution in [3.05, 3.63) is 100 Å². The fraction of sp³-hybridized carbons (Fsp3) is 0.324. The Balaban J connectivity index is 1.55. The number of esters is 1. The quantitative estimate of drug-likeness (QED) is 0.174. The number of rotatable bonds is 10. The molecule has 4 aromatic carbocycles. The standard InChI is InChI=1S/C37H39NO7/c1-5-38-19-25-16-31(41)32(42-3)18-29(25)36-30(20-44-21(2)39)27-11-12-28-34-24(15-26(40)17-33(34)43-4)14-23(35(28)37(27)45-36)13-22-9-7-6-8-10-22/h6-12,15-18,23,30,36,38,40-41H,5,13-14,19-20H2,1-4H3/t23-,30-,36+/m0/s1. The molecule has 0 saturated carbocycles. The molecule has 3 atom stereocenters. The SMILES string of the molecule is CCNCc1cc(O)c(OC)cc1[C@H]1Oc2c(ccc3c2[C@@H](Cc2ccccc2)Cc2cc(O)cc(OC)c2-3)[C@@H]1COC(C)=O. The van der Waals surface area contributed by atoms with Gasteiger partial charge in [0.25, 0.3) is 0 Å². The van der Waals surface area contributed by atoms with E-state index >= 15 is 0 Å². The molecular weight excluding hydrogens is 570 g/mol. The van der Waals surface area contributed by atoms with Gasteiger partial charge in [-0.05, 0) is 65.8 Å². The number of carbonyl (C=O) groups is 1. The normalized spacial score (nSPS) is 17.9. The van der Waals surface area contributed by atoms with Gasteiger partial charge in [0, 0.05) is 41.8 Å². The summed E-state index contributed by atoms with van der Waals surface area (Å²) in [6, 6.07) is 21.5. The summed E-state index contributed by atoms with van der Waals surface area (Å²) < 4.78 is 24.0. The molecular formula is C37H39NO7. The Labute approximate surface area is 263 Å². The summed E-state index contributed by atoms with van der Waals surface area (Å²) in [5, 5.41) is 24.6. The minimum atomic E-state index is -0.505. The van der Waals surface area contributed by atoms with Crippen molar-refractivity contribution in [1.82, 2.24) is 5.32 Å². The van der Waals surface area contributed by atoms with Gasteiger partial charge in [-0.2, -0.15) is 0 Å². The molecule has 0 saturated heterocycles. The van der Waals surface area contributed by atoms with E-state index < -0.39 is 6.10 Å². The Morgan fingerprint density at radius 1 is 0.978 bits per heavy atom. The lowest BCUT2D eigenvalue weighted by molar-refractivity contribution is -0.141. The van der Waals surface area contributed by atoms with E-state index in [1.165, 1.54) is 19.6 Å². The first-order valence-electron chi connectivity index (χ1n) is 15.3. The number of methoxy groups -OCH3 is 2. The van der Waals surface area contributed by atoms with E-state index in [1.807, 2.05) is 37.3 Å². The Kier molecular flexibility index (Phi) is 8.59. The van der Waals surface area contributed by atoms with Gasteiger partial charge in [0.15, 0.2) is 11.5 Å². The molecule has 0 fully saturated rings. The van der Waals surface area contributed by atoms with Gasteiger partial charge in [-0.1, -0.05) is 49.4 Å². The third-order valence-corrected chi connectivity index (χ3v) is 8.87.